The van der Waals surface area contributed by atoms with E-state index < -0.39 is 0 Å². The molecule has 0 aromatic heterocycles. The lowest BCUT2D eigenvalue weighted by atomic mass is 10.3. The second-order valence-corrected chi connectivity index (χ2v) is 3.63. The third-order valence-corrected chi connectivity index (χ3v) is 2.17. The van der Waals surface area contributed by atoms with Gasteiger partial charge in [0.2, 0.25) is 0 Å². The van der Waals surface area contributed by atoms with E-state index >= 15 is 0 Å². The number of hydrogen-bond donors (Lipinski definition) is 2. The monoisotopic (exact) mass is 185 g/mol. The highest BCUT2D eigenvalue weighted by Gasteiger charge is 1.96. The van der Waals surface area contributed by atoms with Crippen LogP contribution in [0.2, 0.25) is 0 Å². The van der Waals surface area contributed by atoms with E-state index in [1.54, 1.807) is 0 Å². The van der Waals surface area contributed by atoms with Crippen LogP contribution in [0.5, 0.6) is 0 Å². The van der Waals surface area contributed by atoms with Crippen molar-refractivity contribution in [2.45, 2.75) is 45.3 Å². The second kappa shape index (κ2) is 9.23. The molecule has 3 heteroatoms. The van der Waals surface area contributed by atoms with Gasteiger partial charge in [-0.2, -0.15) is 0 Å². The lowest BCUT2D eigenvalue weighted by molar-refractivity contribution is 0.513. The first-order valence-corrected chi connectivity index (χ1v) is 5.56. The molecule has 0 aromatic rings. The standard InChI is InChI=1S/C9H21N2Si/c1-3-5-7-10-9(12)11-8-6-4-2/h9-11H,3-8H2,1-2H3. The zero-order chi connectivity index (χ0) is 9.23. The van der Waals surface area contributed by atoms with Crippen LogP contribution in [-0.2, 0) is 0 Å². The second-order valence-electron chi connectivity index (χ2n) is 3.05. The maximum Gasteiger partial charge on any atom is 0.0696 e. The van der Waals surface area contributed by atoms with Crippen molar-refractivity contribution in [2.24, 2.45) is 0 Å². The Bertz CT molecular complexity index is 78.6. The van der Waals surface area contributed by atoms with Crippen LogP contribution >= 0.6 is 0 Å². The van der Waals surface area contributed by atoms with E-state index in [1.807, 2.05) is 0 Å². The summed E-state index contributed by atoms with van der Waals surface area (Å²) in [6.45, 7) is 6.58. The molecule has 0 unspecified atom stereocenters. The predicted octanol–water partition coefficient (Wildman–Crippen LogP) is 1.22. The first kappa shape index (κ1) is 12.1. The molecule has 0 aliphatic heterocycles. The molecule has 0 saturated heterocycles. The maximum atomic E-state index is 3.57. The molecule has 0 aromatic carbocycles. The van der Waals surface area contributed by atoms with Crippen LogP contribution < -0.4 is 10.6 Å². The Kier molecular flexibility index (Phi) is 9.33. The van der Waals surface area contributed by atoms with Crippen molar-refractivity contribution in [1.82, 2.24) is 10.6 Å². The summed E-state index contributed by atoms with van der Waals surface area (Å²) in [5.74, 6) is 0.281. The minimum Gasteiger partial charge on any atom is -0.305 e. The summed E-state index contributed by atoms with van der Waals surface area (Å²) in [5.41, 5.74) is 0. The largest absolute Gasteiger partial charge is 0.305 e. The van der Waals surface area contributed by atoms with Gasteiger partial charge in [0, 0.05) is 5.79 Å². The highest BCUT2D eigenvalue weighted by molar-refractivity contribution is 6.11. The van der Waals surface area contributed by atoms with Gasteiger partial charge in [-0.15, -0.1) is 0 Å². The number of hydrogen-bond acceptors (Lipinski definition) is 2. The van der Waals surface area contributed by atoms with Gasteiger partial charge in [-0.1, -0.05) is 26.7 Å². The normalized spacial score (nSPS) is 11.0. The fourth-order valence-electron chi connectivity index (χ4n) is 0.919. The Hall–Kier alpha value is 0.137. The SMILES string of the molecule is CCCCNC([Si])NCCCC. The van der Waals surface area contributed by atoms with Crippen molar-refractivity contribution in [2.75, 3.05) is 13.1 Å². The van der Waals surface area contributed by atoms with E-state index in [4.69, 9.17) is 0 Å². The molecule has 12 heavy (non-hydrogen) atoms. The maximum absolute atomic E-state index is 3.57. The first-order chi connectivity index (χ1) is 5.81. The third-order valence-electron chi connectivity index (χ3n) is 1.76. The van der Waals surface area contributed by atoms with Crippen LogP contribution in [-0.4, -0.2) is 29.1 Å². The Balaban J connectivity index is 3.04. The highest BCUT2D eigenvalue weighted by Crippen LogP contribution is 1.85. The van der Waals surface area contributed by atoms with E-state index in [0.29, 0.717) is 0 Å². The van der Waals surface area contributed by atoms with E-state index in [0.717, 1.165) is 13.1 Å². The molecule has 0 spiro atoms. The fraction of sp³-hybridized carbons (Fsp3) is 1.00. The Labute approximate surface area is 79.9 Å². The molecule has 2 nitrogen and oxygen atoms in total. The molecular weight excluding hydrogens is 164 g/mol. The number of unbranched alkanes of at least 4 members (excludes halogenated alkanes) is 2. The lowest BCUT2D eigenvalue weighted by Gasteiger charge is -2.14. The smallest absolute Gasteiger partial charge is 0.0696 e. The summed E-state index contributed by atoms with van der Waals surface area (Å²) in [6, 6.07) is 0. The molecule has 0 atom stereocenters. The topological polar surface area (TPSA) is 24.1 Å². The molecule has 0 amide bonds. The summed E-state index contributed by atoms with van der Waals surface area (Å²) < 4.78 is 0. The van der Waals surface area contributed by atoms with Gasteiger partial charge in [-0.05, 0) is 25.9 Å². The van der Waals surface area contributed by atoms with Crippen molar-refractivity contribution >= 4 is 10.2 Å². The lowest BCUT2D eigenvalue weighted by Crippen LogP contribution is -2.43. The summed E-state index contributed by atoms with van der Waals surface area (Å²) in [7, 11) is 3.57. The van der Waals surface area contributed by atoms with Crippen LogP contribution in [0.4, 0.5) is 0 Å². The van der Waals surface area contributed by atoms with Crippen molar-refractivity contribution < 1.29 is 0 Å². The van der Waals surface area contributed by atoms with Crippen molar-refractivity contribution in [1.29, 1.82) is 0 Å². The number of nitrogens with one attached hydrogen (secondary N) is 2. The van der Waals surface area contributed by atoms with E-state index in [1.165, 1.54) is 25.7 Å². The minimum absolute atomic E-state index is 0.281. The molecule has 0 aliphatic rings. The Morgan fingerprint density at radius 1 is 1.00 bits per heavy atom. The van der Waals surface area contributed by atoms with Gasteiger partial charge in [0.25, 0.3) is 0 Å². The van der Waals surface area contributed by atoms with Crippen LogP contribution in [0.3, 0.4) is 0 Å². The third kappa shape index (κ3) is 8.24. The van der Waals surface area contributed by atoms with E-state index in [9.17, 15) is 0 Å². The highest BCUT2D eigenvalue weighted by atomic mass is 28.1. The van der Waals surface area contributed by atoms with Crippen LogP contribution in [0.25, 0.3) is 0 Å². The van der Waals surface area contributed by atoms with Gasteiger partial charge in [0.05, 0.1) is 10.2 Å². The molecule has 0 heterocycles. The summed E-state index contributed by atoms with van der Waals surface area (Å²) in [6.07, 6.45) is 4.99. The molecule has 71 valence electrons. The minimum atomic E-state index is 0.281. The van der Waals surface area contributed by atoms with Gasteiger partial charge < -0.3 is 10.6 Å². The van der Waals surface area contributed by atoms with Crippen molar-refractivity contribution in [3.05, 3.63) is 0 Å². The van der Waals surface area contributed by atoms with Gasteiger partial charge in [0.15, 0.2) is 0 Å². The zero-order valence-corrected chi connectivity index (χ0v) is 9.32. The number of rotatable bonds is 8. The molecule has 2 N–H and O–H groups in total. The average Bonchev–Trinajstić information content (AvgIpc) is 2.06. The quantitative estimate of drug-likeness (QED) is 0.337. The van der Waals surface area contributed by atoms with E-state index in [2.05, 4.69) is 34.7 Å². The summed E-state index contributed by atoms with van der Waals surface area (Å²) >= 11 is 0. The van der Waals surface area contributed by atoms with Gasteiger partial charge in [-0.3, -0.25) is 0 Å². The van der Waals surface area contributed by atoms with Crippen molar-refractivity contribution in [3.8, 4) is 0 Å². The van der Waals surface area contributed by atoms with Crippen LogP contribution in [0, 0.1) is 0 Å². The molecule has 3 radical (unpaired) electrons. The Morgan fingerprint density at radius 3 is 1.75 bits per heavy atom. The predicted molar refractivity (Wildman–Crippen MR) is 55.4 cm³/mol. The average molecular weight is 185 g/mol. The van der Waals surface area contributed by atoms with Gasteiger partial charge >= 0.3 is 0 Å². The van der Waals surface area contributed by atoms with Gasteiger partial charge in [-0.25, -0.2) is 0 Å². The van der Waals surface area contributed by atoms with Gasteiger partial charge in [0.1, 0.15) is 0 Å². The van der Waals surface area contributed by atoms with Crippen molar-refractivity contribution in [3.63, 3.8) is 0 Å². The molecule has 0 bridgehead atoms. The fourth-order valence-corrected chi connectivity index (χ4v) is 1.21. The van der Waals surface area contributed by atoms with E-state index in [-0.39, 0.29) is 5.79 Å². The first-order valence-electron chi connectivity index (χ1n) is 4.99. The summed E-state index contributed by atoms with van der Waals surface area (Å²) in [5, 5.41) is 6.69. The molecule has 0 aliphatic carbocycles. The van der Waals surface area contributed by atoms with Crippen LogP contribution in [0.1, 0.15) is 39.5 Å². The molecule has 0 fully saturated rings. The van der Waals surface area contributed by atoms with Crippen LogP contribution in [0.15, 0.2) is 0 Å². The molecule has 0 saturated carbocycles. The molecular formula is C9H21N2Si. The summed E-state index contributed by atoms with van der Waals surface area (Å²) in [4.78, 5) is 0. The Morgan fingerprint density at radius 2 is 1.42 bits per heavy atom. The zero-order valence-electron chi connectivity index (χ0n) is 8.32. The molecule has 0 rings (SSSR count).